The van der Waals surface area contributed by atoms with Gasteiger partial charge in [-0.05, 0) is 0 Å². The molecule has 1 nitrogen and oxygen atoms in total. The van der Waals surface area contributed by atoms with Gasteiger partial charge in [-0.2, -0.15) is 0 Å². The topological polar surface area (TPSA) is 9.23 Å². The second kappa shape index (κ2) is 14.6. The van der Waals surface area contributed by atoms with Crippen molar-refractivity contribution in [3.8, 4) is 28.0 Å². The van der Waals surface area contributed by atoms with Crippen LogP contribution in [0.25, 0.3) is 34.4 Å². The van der Waals surface area contributed by atoms with E-state index in [0.29, 0.717) is 7.35 Å². The summed E-state index contributed by atoms with van der Waals surface area (Å²) in [5.74, 6) is 1.04. The van der Waals surface area contributed by atoms with Crippen molar-refractivity contribution >= 4 is 42.5 Å². The Labute approximate surface area is 310 Å². The summed E-state index contributed by atoms with van der Waals surface area (Å²) >= 11 is -2.48. The van der Waals surface area contributed by atoms with E-state index in [4.69, 9.17) is 4.74 Å². The molecule has 2 unspecified atom stereocenters. The first-order valence-electron chi connectivity index (χ1n) is 16.8. The molecule has 0 saturated heterocycles. The predicted octanol–water partition coefficient (Wildman–Crippen LogP) is 13.0. The van der Waals surface area contributed by atoms with Gasteiger partial charge in [-0.15, -0.1) is 24.8 Å². The van der Waals surface area contributed by atoms with Crippen molar-refractivity contribution in [1.29, 1.82) is 0 Å². The number of rotatable bonds is 5. The van der Waals surface area contributed by atoms with Crippen LogP contribution in [0.1, 0.15) is 96.1 Å². The van der Waals surface area contributed by atoms with E-state index in [0.717, 1.165) is 5.75 Å². The van der Waals surface area contributed by atoms with Crippen LogP contribution in [0.2, 0.25) is 13.1 Å². The molecular weight excluding hydrogens is 810 g/mol. The molecule has 252 valence electrons. The molecule has 4 aromatic carbocycles. The largest absolute Gasteiger partial charge is 0.147 e. The molecule has 0 aromatic heterocycles. The fraction of sp³-hybridized carbons (Fsp3) is 0.349. The molecule has 2 atom stereocenters. The van der Waals surface area contributed by atoms with Crippen LogP contribution in [0.5, 0.6) is 5.75 Å². The maximum absolute atomic E-state index is 6.29. The number of benzene rings is 4. The molecular formula is C43H52Cl2HfOSi. The van der Waals surface area contributed by atoms with Gasteiger partial charge in [-0.1, -0.05) is 0 Å². The quantitative estimate of drug-likeness (QED) is 0.182. The Morgan fingerprint density at radius 2 is 1.23 bits per heavy atom. The van der Waals surface area contributed by atoms with E-state index in [1.807, 2.05) is 7.11 Å². The summed E-state index contributed by atoms with van der Waals surface area (Å²) in [6.45, 7) is 24.0. The fourth-order valence-electron chi connectivity index (χ4n) is 7.83. The van der Waals surface area contributed by atoms with Crippen molar-refractivity contribution in [1.82, 2.24) is 0 Å². The Bertz CT molecular complexity index is 1920. The van der Waals surface area contributed by atoms with Crippen molar-refractivity contribution < 1.29 is 24.8 Å². The third-order valence-electron chi connectivity index (χ3n) is 10.1. The Morgan fingerprint density at radius 1 is 0.646 bits per heavy atom. The molecule has 0 amide bonds. The van der Waals surface area contributed by atoms with Crippen LogP contribution >= 0.6 is 24.8 Å². The molecule has 0 spiro atoms. The molecule has 0 radical (unpaired) electrons. The summed E-state index contributed by atoms with van der Waals surface area (Å²) in [7, 11) is 1.85. The van der Waals surface area contributed by atoms with Crippen molar-refractivity contribution in [3.05, 3.63) is 123 Å². The summed E-state index contributed by atoms with van der Waals surface area (Å²) in [4.78, 5) is 0. The van der Waals surface area contributed by atoms with Gasteiger partial charge >= 0.3 is 288 Å². The third-order valence-corrected chi connectivity index (χ3v) is 38.4. The first-order chi connectivity index (χ1) is 21.7. The number of hydrogen-bond acceptors (Lipinski definition) is 1. The van der Waals surface area contributed by atoms with Gasteiger partial charge in [0, 0.05) is 0 Å². The van der Waals surface area contributed by atoms with Crippen molar-refractivity contribution in [3.63, 3.8) is 0 Å². The van der Waals surface area contributed by atoms with Crippen LogP contribution in [-0.2, 0) is 30.9 Å². The van der Waals surface area contributed by atoms with E-state index in [1.165, 1.54) is 44.5 Å². The number of halogens is 2. The zero-order valence-corrected chi connectivity index (χ0v) is 36.8. The first-order valence-corrected chi connectivity index (χ1v) is 28.8. The smallest absolute Gasteiger partial charge is 0.147 e. The summed E-state index contributed by atoms with van der Waals surface area (Å²) in [5, 5.41) is 0. The van der Waals surface area contributed by atoms with Crippen LogP contribution in [0, 0.1) is 0 Å². The maximum Gasteiger partial charge on any atom is -0.147 e. The van der Waals surface area contributed by atoms with Gasteiger partial charge < -0.3 is 0 Å². The second-order valence-corrected chi connectivity index (χ2v) is 40.6. The minimum absolute atomic E-state index is 0. The molecule has 0 bridgehead atoms. The summed E-state index contributed by atoms with van der Waals surface area (Å²) < 4.78 is 7.48. The van der Waals surface area contributed by atoms with Crippen molar-refractivity contribution in [2.45, 2.75) is 86.7 Å². The molecule has 0 fully saturated rings. The third kappa shape index (κ3) is 6.91. The summed E-state index contributed by atoms with van der Waals surface area (Å²) in [6, 6.07) is 30.0. The van der Waals surface area contributed by atoms with Gasteiger partial charge in [0.2, 0.25) is 0 Å². The summed E-state index contributed by atoms with van der Waals surface area (Å²) in [5.41, 5.74) is 16.8. The number of ether oxygens (including phenoxy) is 1. The monoisotopic (exact) mass is 862 g/mol. The maximum atomic E-state index is 6.29. The predicted molar refractivity (Wildman–Crippen MR) is 212 cm³/mol. The molecule has 4 aromatic rings. The van der Waals surface area contributed by atoms with Crippen LogP contribution in [0.4, 0.5) is 0 Å². The average Bonchev–Trinajstić information content (AvgIpc) is 3.51. The number of methoxy groups -OCH3 is 1. The molecule has 2 aliphatic carbocycles. The standard InChI is InChI=1S/C21H23O.C20H21.C2H6Si.2ClH.Hf/c1-14-11-16-13-18(21(2,3)4)20(22-5)19(17(16)12-14)15-9-7-6-8-10-15;1-14-12-16-6-5-7-18(19(16)13-14)15-8-10-17(11-9-15)20(2,3)4;1-3-2;;;/h6-13H,1-5H3;5-13H,1-4H3;1-2H3;2*1H;. The van der Waals surface area contributed by atoms with Crippen molar-refractivity contribution in [2.24, 2.45) is 0 Å². The van der Waals surface area contributed by atoms with E-state index in [1.54, 1.807) is 22.3 Å². The average molecular weight is 862 g/mol. The van der Waals surface area contributed by atoms with Crippen LogP contribution in [-0.4, -0.2) is 12.6 Å². The molecule has 5 heteroatoms. The normalized spacial score (nSPS) is 16.6. The molecule has 2 aliphatic rings. The molecule has 0 heterocycles. The molecule has 0 saturated carbocycles. The number of allylic oxidation sites excluding steroid dienone is 2. The Balaban J connectivity index is 0.00000260. The van der Waals surface area contributed by atoms with E-state index >= 15 is 0 Å². The minimum atomic E-state index is -2.48. The van der Waals surface area contributed by atoms with Gasteiger partial charge in [-0.25, -0.2) is 0 Å². The van der Waals surface area contributed by atoms with Crippen LogP contribution in [0.3, 0.4) is 0 Å². The first kappa shape index (κ1) is 38.6. The van der Waals surface area contributed by atoms with E-state index in [-0.39, 0.29) is 35.6 Å². The second-order valence-electron chi connectivity index (χ2n) is 15.7. The van der Waals surface area contributed by atoms with Gasteiger partial charge in [0.25, 0.3) is 0 Å². The number of hydrogen-bond donors (Lipinski definition) is 0. The van der Waals surface area contributed by atoms with E-state index < -0.39 is 25.6 Å². The summed E-state index contributed by atoms with van der Waals surface area (Å²) in [6.07, 6.45) is 5.09. The zero-order valence-electron chi connectivity index (χ0n) is 30.5. The Morgan fingerprint density at radius 3 is 1.77 bits per heavy atom. The van der Waals surface area contributed by atoms with E-state index in [9.17, 15) is 0 Å². The SMILES string of the molecule is COc1c(C(C)(C)C)cc2c(c1-c1ccccc1)C=C(C)[CH]2[Hf]([CH]1C(C)=Cc2c(-c3ccc(C(C)(C)C)cc3)cccc21)=[Si](C)C.Cl.Cl. The van der Waals surface area contributed by atoms with Crippen molar-refractivity contribution in [2.75, 3.05) is 7.11 Å². The van der Waals surface area contributed by atoms with Gasteiger partial charge in [-0.3, -0.25) is 0 Å². The molecule has 6 rings (SSSR count). The zero-order chi connectivity index (χ0) is 33.1. The molecule has 0 N–H and O–H groups in total. The van der Waals surface area contributed by atoms with Gasteiger partial charge in [0.05, 0.1) is 0 Å². The molecule has 48 heavy (non-hydrogen) atoms. The van der Waals surface area contributed by atoms with Crippen LogP contribution in [0.15, 0.2) is 90.0 Å². The Kier molecular flexibility index (Phi) is 11.7. The molecule has 0 aliphatic heterocycles. The fourth-order valence-corrected chi connectivity index (χ4v) is 37.2. The van der Waals surface area contributed by atoms with Crippen LogP contribution < -0.4 is 4.74 Å². The Hall–Kier alpha value is -2.17. The van der Waals surface area contributed by atoms with E-state index in [2.05, 4.69) is 159 Å². The van der Waals surface area contributed by atoms with Gasteiger partial charge in [0.15, 0.2) is 0 Å². The minimum Gasteiger partial charge on any atom is -0.147 e. The number of fused-ring (bicyclic) bond motifs is 2. The van der Waals surface area contributed by atoms with Gasteiger partial charge in [0.1, 0.15) is 0 Å².